The standard InChI is InChI=1S/C15H31N3O/c1-4-5-8-17-15(19)12-18(13(2)3)11-14-6-9-16-10-7-14/h13-14,16H,4-12H2,1-3H3,(H,17,19). The van der Waals surface area contributed by atoms with Gasteiger partial charge in [-0.15, -0.1) is 0 Å². The Morgan fingerprint density at radius 1 is 1.37 bits per heavy atom. The van der Waals surface area contributed by atoms with Crippen molar-refractivity contribution in [2.24, 2.45) is 5.92 Å². The van der Waals surface area contributed by atoms with Gasteiger partial charge in [0, 0.05) is 19.1 Å². The van der Waals surface area contributed by atoms with Gasteiger partial charge in [0.2, 0.25) is 5.91 Å². The minimum absolute atomic E-state index is 0.177. The van der Waals surface area contributed by atoms with Crippen LogP contribution in [0.4, 0.5) is 0 Å². The molecule has 0 aromatic carbocycles. The molecule has 2 N–H and O–H groups in total. The highest BCUT2D eigenvalue weighted by Gasteiger charge is 2.20. The van der Waals surface area contributed by atoms with Crippen molar-refractivity contribution in [3.05, 3.63) is 0 Å². The minimum Gasteiger partial charge on any atom is -0.355 e. The molecule has 19 heavy (non-hydrogen) atoms. The van der Waals surface area contributed by atoms with Gasteiger partial charge in [0.1, 0.15) is 0 Å². The molecule has 0 bridgehead atoms. The Kier molecular flexibility index (Phi) is 8.07. The Labute approximate surface area is 118 Å². The summed E-state index contributed by atoms with van der Waals surface area (Å²) in [5.41, 5.74) is 0. The highest BCUT2D eigenvalue weighted by molar-refractivity contribution is 5.78. The van der Waals surface area contributed by atoms with Crippen LogP contribution in [-0.2, 0) is 4.79 Å². The van der Waals surface area contributed by atoms with Crippen molar-refractivity contribution in [3.63, 3.8) is 0 Å². The third-order valence-corrected chi connectivity index (χ3v) is 3.88. The first-order valence-corrected chi connectivity index (χ1v) is 7.85. The lowest BCUT2D eigenvalue weighted by Gasteiger charge is -2.32. The van der Waals surface area contributed by atoms with E-state index in [4.69, 9.17) is 0 Å². The summed E-state index contributed by atoms with van der Waals surface area (Å²) in [4.78, 5) is 14.2. The molecule has 0 aromatic rings. The molecule has 1 heterocycles. The fraction of sp³-hybridized carbons (Fsp3) is 0.933. The average molecular weight is 269 g/mol. The van der Waals surface area contributed by atoms with Crippen LogP contribution in [0.15, 0.2) is 0 Å². The van der Waals surface area contributed by atoms with Crippen molar-refractivity contribution in [1.29, 1.82) is 0 Å². The molecule has 112 valence electrons. The normalized spacial score (nSPS) is 17.1. The predicted octanol–water partition coefficient (Wildman–Crippen LogP) is 1.61. The van der Waals surface area contributed by atoms with Crippen molar-refractivity contribution < 1.29 is 4.79 Å². The number of piperidine rings is 1. The third kappa shape index (κ3) is 6.92. The summed E-state index contributed by atoms with van der Waals surface area (Å²) in [5.74, 6) is 0.920. The summed E-state index contributed by atoms with van der Waals surface area (Å²) in [6.45, 7) is 11.2. The van der Waals surface area contributed by atoms with Crippen LogP contribution in [0.1, 0.15) is 46.5 Å². The second-order valence-corrected chi connectivity index (χ2v) is 5.92. The van der Waals surface area contributed by atoms with Gasteiger partial charge in [-0.1, -0.05) is 13.3 Å². The zero-order valence-corrected chi connectivity index (χ0v) is 12.9. The topological polar surface area (TPSA) is 44.4 Å². The lowest BCUT2D eigenvalue weighted by molar-refractivity contribution is -0.122. The molecule has 4 nitrogen and oxygen atoms in total. The van der Waals surface area contributed by atoms with Gasteiger partial charge in [-0.2, -0.15) is 0 Å². The molecular weight excluding hydrogens is 238 g/mol. The molecule has 1 rings (SSSR count). The summed E-state index contributed by atoms with van der Waals surface area (Å²) in [5, 5.41) is 6.41. The largest absolute Gasteiger partial charge is 0.355 e. The Bertz CT molecular complexity index is 250. The van der Waals surface area contributed by atoms with Crippen LogP contribution >= 0.6 is 0 Å². The molecule has 1 fully saturated rings. The zero-order chi connectivity index (χ0) is 14.1. The molecule has 1 amide bonds. The van der Waals surface area contributed by atoms with Crippen LogP contribution < -0.4 is 10.6 Å². The van der Waals surface area contributed by atoms with E-state index in [-0.39, 0.29) is 5.91 Å². The van der Waals surface area contributed by atoms with E-state index >= 15 is 0 Å². The fourth-order valence-electron chi connectivity index (χ4n) is 2.50. The molecule has 0 spiro atoms. The number of hydrogen-bond donors (Lipinski definition) is 2. The molecule has 0 aliphatic carbocycles. The number of rotatable bonds is 8. The molecule has 4 heteroatoms. The summed E-state index contributed by atoms with van der Waals surface area (Å²) in [6.07, 6.45) is 4.67. The maximum atomic E-state index is 11.9. The summed E-state index contributed by atoms with van der Waals surface area (Å²) >= 11 is 0. The molecule has 0 aromatic heterocycles. The van der Waals surface area contributed by atoms with Crippen molar-refractivity contribution in [3.8, 4) is 0 Å². The quantitative estimate of drug-likeness (QED) is 0.658. The van der Waals surface area contributed by atoms with Crippen LogP contribution in [-0.4, -0.2) is 49.6 Å². The van der Waals surface area contributed by atoms with Crippen LogP contribution in [0, 0.1) is 5.92 Å². The molecule has 1 aliphatic rings. The first-order valence-electron chi connectivity index (χ1n) is 7.85. The number of hydrogen-bond acceptors (Lipinski definition) is 3. The van der Waals surface area contributed by atoms with Gasteiger partial charge < -0.3 is 10.6 Å². The van der Waals surface area contributed by atoms with Gasteiger partial charge in [0.25, 0.3) is 0 Å². The summed E-state index contributed by atoms with van der Waals surface area (Å²) < 4.78 is 0. The van der Waals surface area contributed by atoms with Crippen LogP contribution in [0.2, 0.25) is 0 Å². The van der Waals surface area contributed by atoms with E-state index in [0.29, 0.717) is 12.6 Å². The van der Waals surface area contributed by atoms with Crippen molar-refractivity contribution in [2.45, 2.75) is 52.5 Å². The van der Waals surface area contributed by atoms with Crippen molar-refractivity contribution in [1.82, 2.24) is 15.5 Å². The predicted molar refractivity (Wildman–Crippen MR) is 80.2 cm³/mol. The van der Waals surface area contributed by atoms with Gasteiger partial charge in [-0.25, -0.2) is 0 Å². The van der Waals surface area contributed by atoms with E-state index < -0.39 is 0 Å². The third-order valence-electron chi connectivity index (χ3n) is 3.88. The van der Waals surface area contributed by atoms with Crippen LogP contribution in [0.3, 0.4) is 0 Å². The summed E-state index contributed by atoms with van der Waals surface area (Å²) in [6, 6.07) is 0.437. The first kappa shape index (κ1) is 16.4. The number of carbonyl (C=O) groups excluding carboxylic acids is 1. The Morgan fingerprint density at radius 2 is 2.05 bits per heavy atom. The zero-order valence-electron chi connectivity index (χ0n) is 12.9. The number of amides is 1. The van der Waals surface area contributed by atoms with Crippen molar-refractivity contribution >= 4 is 5.91 Å². The average Bonchev–Trinajstić information content (AvgIpc) is 2.39. The molecule has 0 unspecified atom stereocenters. The van der Waals surface area contributed by atoms with Gasteiger partial charge in [-0.3, -0.25) is 9.69 Å². The molecule has 1 saturated heterocycles. The summed E-state index contributed by atoms with van der Waals surface area (Å²) in [7, 11) is 0. The van der Waals surface area contributed by atoms with Crippen LogP contribution in [0.5, 0.6) is 0 Å². The Morgan fingerprint density at radius 3 is 2.63 bits per heavy atom. The SMILES string of the molecule is CCCCNC(=O)CN(CC1CCNCC1)C(C)C. The molecule has 0 saturated carbocycles. The Hall–Kier alpha value is -0.610. The van der Waals surface area contributed by atoms with E-state index in [0.717, 1.165) is 44.9 Å². The first-order chi connectivity index (χ1) is 9.13. The van der Waals surface area contributed by atoms with E-state index in [1.165, 1.54) is 12.8 Å². The second-order valence-electron chi connectivity index (χ2n) is 5.92. The number of carbonyl (C=O) groups is 1. The van der Waals surface area contributed by atoms with Crippen LogP contribution in [0.25, 0.3) is 0 Å². The molecule has 1 aliphatic heterocycles. The second kappa shape index (κ2) is 9.32. The van der Waals surface area contributed by atoms with Gasteiger partial charge in [0.15, 0.2) is 0 Å². The van der Waals surface area contributed by atoms with E-state index in [1.54, 1.807) is 0 Å². The van der Waals surface area contributed by atoms with E-state index in [2.05, 4.69) is 36.3 Å². The highest BCUT2D eigenvalue weighted by Crippen LogP contribution is 2.14. The fourth-order valence-corrected chi connectivity index (χ4v) is 2.50. The minimum atomic E-state index is 0.177. The maximum absolute atomic E-state index is 11.9. The molecule has 0 atom stereocenters. The lowest BCUT2D eigenvalue weighted by Crippen LogP contribution is -2.44. The van der Waals surface area contributed by atoms with Gasteiger partial charge in [0.05, 0.1) is 6.54 Å². The molecular formula is C15H31N3O. The van der Waals surface area contributed by atoms with E-state index in [9.17, 15) is 4.79 Å². The monoisotopic (exact) mass is 269 g/mol. The smallest absolute Gasteiger partial charge is 0.234 e. The van der Waals surface area contributed by atoms with Gasteiger partial charge >= 0.3 is 0 Å². The highest BCUT2D eigenvalue weighted by atomic mass is 16.2. The Balaban J connectivity index is 2.32. The number of unbranched alkanes of at least 4 members (excludes halogenated alkanes) is 1. The van der Waals surface area contributed by atoms with Crippen molar-refractivity contribution in [2.75, 3.05) is 32.7 Å². The maximum Gasteiger partial charge on any atom is 0.234 e. The molecule has 0 radical (unpaired) electrons. The number of nitrogens with zero attached hydrogens (tertiary/aromatic N) is 1. The van der Waals surface area contributed by atoms with Gasteiger partial charge in [-0.05, 0) is 52.1 Å². The number of nitrogens with one attached hydrogen (secondary N) is 2. The van der Waals surface area contributed by atoms with E-state index in [1.807, 2.05) is 0 Å². The lowest BCUT2D eigenvalue weighted by atomic mass is 9.97.